The fourth-order valence-electron chi connectivity index (χ4n) is 1.60. The summed E-state index contributed by atoms with van der Waals surface area (Å²) in [6, 6.07) is 4.54. The number of nitrogens with two attached hydrogens (primary N) is 1. The van der Waals surface area contributed by atoms with Crippen LogP contribution in [0.4, 0.5) is 5.69 Å². The maximum absolute atomic E-state index is 12.5. The lowest BCUT2D eigenvalue weighted by Crippen LogP contribution is -2.31. The van der Waals surface area contributed by atoms with Crippen molar-refractivity contribution >= 4 is 15.7 Å². The van der Waals surface area contributed by atoms with Crippen LogP contribution in [0.2, 0.25) is 0 Å². The van der Waals surface area contributed by atoms with E-state index in [0.717, 1.165) is 0 Å². The lowest BCUT2D eigenvalue weighted by molar-refractivity contribution is 0.0737. The van der Waals surface area contributed by atoms with Crippen LogP contribution in [0, 0.1) is 0 Å². The fourth-order valence-corrected chi connectivity index (χ4v) is 2.94. The molecule has 0 saturated carbocycles. The number of ether oxygens (including phenoxy) is 2. The molecule has 7 heteroatoms. The van der Waals surface area contributed by atoms with E-state index in [-0.39, 0.29) is 23.3 Å². The molecule has 0 heterocycles. The highest BCUT2D eigenvalue weighted by Crippen LogP contribution is 2.28. The summed E-state index contributed by atoms with van der Waals surface area (Å²) >= 11 is 0. The summed E-state index contributed by atoms with van der Waals surface area (Å²) in [5, 5.41) is 0. The van der Waals surface area contributed by atoms with E-state index in [1.807, 2.05) is 13.8 Å². The van der Waals surface area contributed by atoms with E-state index in [1.165, 1.54) is 24.5 Å². The normalized spacial score (nSPS) is 12.1. The van der Waals surface area contributed by atoms with Crippen LogP contribution in [0.3, 0.4) is 0 Å². The molecule has 0 spiro atoms. The van der Waals surface area contributed by atoms with E-state index in [1.54, 1.807) is 12.1 Å². The van der Waals surface area contributed by atoms with E-state index in [0.29, 0.717) is 12.3 Å². The Kier molecular flexibility index (Phi) is 5.79. The van der Waals surface area contributed by atoms with Gasteiger partial charge in [0.2, 0.25) is 10.0 Å². The van der Waals surface area contributed by atoms with Crippen LogP contribution >= 0.6 is 0 Å². The van der Waals surface area contributed by atoms with E-state index in [2.05, 4.69) is 0 Å². The molecule has 0 aliphatic heterocycles. The molecule has 2 N–H and O–H groups in total. The molecule has 20 heavy (non-hydrogen) atoms. The lowest BCUT2D eigenvalue weighted by Gasteiger charge is -2.19. The maximum Gasteiger partial charge on any atom is 0.246 e. The van der Waals surface area contributed by atoms with Gasteiger partial charge >= 0.3 is 0 Å². The Hall–Kier alpha value is -1.31. The third-order valence-electron chi connectivity index (χ3n) is 2.73. The number of hydrogen-bond donors (Lipinski definition) is 1. The average molecular weight is 302 g/mol. The van der Waals surface area contributed by atoms with Crippen molar-refractivity contribution in [2.75, 3.05) is 33.0 Å². The van der Waals surface area contributed by atoms with Gasteiger partial charge in [-0.15, -0.1) is 0 Å². The van der Waals surface area contributed by atoms with Gasteiger partial charge in [0.15, 0.2) is 0 Å². The van der Waals surface area contributed by atoms with Gasteiger partial charge in [-0.2, -0.15) is 4.31 Å². The smallest absolute Gasteiger partial charge is 0.246 e. The van der Waals surface area contributed by atoms with Gasteiger partial charge in [-0.3, -0.25) is 0 Å². The maximum atomic E-state index is 12.5. The monoisotopic (exact) mass is 302 g/mol. The lowest BCUT2D eigenvalue weighted by atomic mass is 10.3. The predicted octanol–water partition coefficient (Wildman–Crippen LogP) is 1.32. The molecule has 0 radical (unpaired) electrons. The van der Waals surface area contributed by atoms with Crippen LogP contribution < -0.4 is 10.5 Å². The quantitative estimate of drug-likeness (QED) is 0.768. The van der Waals surface area contributed by atoms with Crippen LogP contribution in [0.25, 0.3) is 0 Å². The fraction of sp³-hybridized carbons (Fsp3) is 0.538. The van der Waals surface area contributed by atoms with Crippen molar-refractivity contribution in [3.05, 3.63) is 18.2 Å². The van der Waals surface area contributed by atoms with Crippen LogP contribution in [0.15, 0.2) is 23.1 Å². The molecular formula is C13H22N2O4S. The van der Waals surface area contributed by atoms with Gasteiger partial charge in [0.1, 0.15) is 10.6 Å². The Morgan fingerprint density at radius 1 is 1.35 bits per heavy atom. The second-order valence-corrected chi connectivity index (χ2v) is 6.67. The highest BCUT2D eigenvalue weighted by atomic mass is 32.2. The SMILES string of the molecule is COc1ccc(N)cc1S(=O)(=O)N(C)CCOC(C)C. The zero-order valence-corrected chi connectivity index (χ0v) is 13.1. The molecule has 0 saturated heterocycles. The minimum Gasteiger partial charge on any atom is -0.495 e. The molecule has 114 valence electrons. The summed E-state index contributed by atoms with van der Waals surface area (Å²) in [5.41, 5.74) is 6.03. The number of anilines is 1. The van der Waals surface area contributed by atoms with Crippen molar-refractivity contribution in [1.82, 2.24) is 4.31 Å². The molecule has 0 aromatic heterocycles. The largest absolute Gasteiger partial charge is 0.495 e. The molecule has 1 aromatic carbocycles. The number of methoxy groups -OCH3 is 1. The minimum absolute atomic E-state index is 0.0621. The Bertz CT molecular complexity index is 543. The van der Waals surface area contributed by atoms with Crippen LogP contribution in [0.5, 0.6) is 5.75 Å². The number of likely N-dealkylation sites (N-methyl/N-ethyl adjacent to an activating group) is 1. The topological polar surface area (TPSA) is 81.9 Å². The molecule has 0 bridgehead atoms. The summed E-state index contributed by atoms with van der Waals surface area (Å²) in [7, 11) is -0.729. The Labute approximate surface area is 120 Å². The average Bonchev–Trinajstić information content (AvgIpc) is 2.38. The number of nitrogen functional groups attached to an aromatic ring is 1. The van der Waals surface area contributed by atoms with Crippen molar-refractivity contribution in [1.29, 1.82) is 0 Å². The first-order chi connectivity index (χ1) is 9.28. The van der Waals surface area contributed by atoms with Crippen LogP contribution in [-0.2, 0) is 14.8 Å². The van der Waals surface area contributed by atoms with Crippen LogP contribution in [-0.4, -0.2) is 46.1 Å². The zero-order chi connectivity index (χ0) is 15.3. The van der Waals surface area contributed by atoms with Gasteiger partial charge in [-0.05, 0) is 32.0 Å². The Balaban J connectivity index is 2.95. The van der Waals surface area contributed by atoms with E-state index < -0.39 is 10.0 Å². The third kappa shape index (κ3) is 4.09. The third-order valence-corrected chi connectivity index (χ3v) is 4.61. The standard InChI is InChI=1S/C13H22N2O4S/c1-10(2)19-8-7-15(3)20(16,17)13-9-11(14)5-6-12(13)18-4/h5-6,9-10H,7-8,14H2,1-4H3. The Morgan fingerprint density at radius 2 is 2.00 bits per heavy atom. The summed E-state index contributed by atoms with van der Waals surface area (Å²) in [6.07, 6.45) is 0.0630. The molecule has 0 aliphatic carbocycles. The second-order valence-electron chi connectivity index (χ2n) is 4.66. The molecule has 0 fully saturated rings. The van der Waals surface area contributed by atoms with Gasteiger partial charge in [-0.1, -0.05) is 0 Å². The van der Waals surface area contributed by atoms with Gasteiger partial charge in [0, 0.05) is 19.3 Å². The molecule has 0 unspecified atom stereocenters. The summed E-state index contributed by atoms with van der Waals surface area (Å²) in [4.78, 5) is 0.0621. The summed E-state index contributed by atoms with van der Waals surface area (Å²) < 4.78 is 36.6. The van der Waals surface area contributed by atoms with Crippen molar-refractivity contribution < 1.29 is 17.9 Å². The van der Waals surface area contributed by atoms with E-state index in [9.17, 15) is 8.42 Å². The molecule has 0 aliphatic rings. The predicted molar refractivity (Wildman–Crippen MR) is 78.3 cm³/mol. The minimum atomic E-state index is -3.65. The number of nitrogens with zero attached hydrogens (tertiary/aromatic N) is 1. The van der Waals surface area contributed by atoms with Gasteiger partial charge in [0.25, 0.3) is 0 Å². The highest BCUT2D eigenvalue weighted by molar-refractivity contribution is 7.89. The summed E-state index contributed by atoms with van der Waals surface area (Å²) in [6.45, 7) is 4.39. The molecular weight excluding hydrogens is 280 g/mol. The first-order valence-corrected chi connectivity index (χ1v) is 7.74. The van der Waals surface area contributed by atoms with Crippen molar-refractivity contribution in [2.45, 2.75) is 24.8 Å². The van der Waals surface area contributed by atoms with E-state index in [4.69, 9.17) is 15.2 Å². The first kappa shape index (κ1) is 16.7. The van der Waals surface area contributed by atoms with Crippen molar-refractivity contribution in [2.24, 2.45) is 0 Å². The first-order valence-electron chi connectivity index (χ1n) is 6.30. The molecule has 6 nitrogen and oxygen atoms in total. The zero-order valence-electron chi connectivity index (χ0n) is 12.3. The van der Waals surface area contributed by atoms with E-state index >= 15 is 0 Å². The van der Waals surface area contributed by atoms with Crippen molar-refractivity contribution in [3.63, 3.8) is 0 Å². The van der Waals surface area contributed by atoms with Gasteiger partial charge in [-0.25, -0.2) is 8.42 Å². The number of hydrogen-bond acceptors (Lipinski definition) is 5. The van der Waals surface area contributed by atoms with Gasteiger partial charge < -0.3 is 15.2 Å². The Morgan fingerprint density at radius 3 is 2.55 bits per heavy atom. The number of benzene rings is 1. The number of rotatable bonds is 7. The van der Waals surface area contributed by atoms with Gasteiger partial charge in [0.05, 0.1) is 19.8 Å². The molecule has 1 aromatic rings. The highest BCUT2D eigenvalue weighted by Gasteiger charge is 2.24. The molecule has 0 amide bonds. The number of sulfonamides is 1. The van der Waals surface area contributed by atoms with Crippen LogP contribution in [0.1, 0.15) is 13.8 Å². The second kappa shape index (κ2) is 6.92. The molecule has 0 atom stereocenters. The summed E-state index contributed by atoms with van der Waals surface area (Å²) in [5.74, 6) is 0.274. The molecule has 1 rings (SSSR count). The van der Waals surface area contributed by atoms with Crippen molar-refractivity contribution in [3.8, 4) is 5.75 Å².